The van der Waals surface area contributed by atoms with Crippen LogP contribution in [0.15, 0.2) is 16.7 Å². The average Bonchev–Trinajstić information content (AvgIpc) is 2.39. The number of hydrogen-bond donors (Lipinski definition) is 1. The highest BCUT2D eigenvalue weighted by Crippen LogP contribution is 2.34. The molecular formula is C13H13BrN2O3. The first-order valence-electron chi connectivity index (χ1n) is 6.29. The maximum atomic E-state index is 12.1. The minimum atomic E-state index is -0.511. The van der Waals surface area contributed by atoms with Gasteiger partial charge in [-0.05, 0) is 40.9 Å². The Hall–Kier alpha value is -1.43. The second-order valence-corrected chi connectivity index (χ2v) is 5.70. The van der Waals surface area contributed by atoms with E-state index in [4.69, 9.17) is 4.74 Å². The lowest BCUT2D eigenvalue weighted by molar-refractivity contribution is -0.129. The Morgan fingerprint density at radius 1 is 1.26 bits per heavy atom. The third-order valence-electron chi connectivity index (χ3n) is 3.59. The zero-order valence-electron chi connectivity index (χ0n) is 10.2. The third-order valence-corrected chi connectivity index (χ3v) is 4.04. The van der Waals surface area contributed by atoms with Crippen molar-refractivity contribution in [3.8, 4) is 5.75 Å². The van der Waals surface area contributed by atoms with Crippen LogP contribution in [0.4, 0.5) is 5.82 Å². The van der Waals surface area contributed by atoms with Gasteiger partial charge in [0.05, 0.1) is 0 Å². The van der Waals surface area contributed by atoms with E-state index in [1.807, 2.05) is 0 Å². The van der Waals surface area contributed by atoms with E-state index in [1.54, 1.807) is 12.1 Å². The summed E-state index contributed by atoms with van der Waals surface area (Å²) in [5.41, 5.74) is 0. The summed E-state index contributed by atoms with van der Waals surface area (Å²) in [6.45, 7) is 0. The number of pyridine rings is 1. The molecule has 1 fully saturated rings. The molecule has 1 aliphatic heterocycles. The van der Waals surface area contributed by atoms with E-state index in [9.17, 15) is 9.59 Å². The molecule has 3 rings (SSSR count). The van der Waals surface area contributed by atoms with E-state index in [-0.39, 0.29) is 17.6 Å². The van der Waals surface area contributed by atoms with Crippen molar-refractivity contribution in [1.82, 2.24) is 4.98 Å². The molecule has 0 saturated heterocycles. The van der Waals surface area contributed by atoms with Gasteiger partial charge in [0, 0.05) is 18.8 Å². The van der Waals surface area contributed by atoms with Crippen LogP contribution in [0.5, 0.6) is 5.75 Å². The summed E-state index contributed by atoms with van der Waals surface area (Å²) < 4.78 is 6.42. The van der Waals surface area contributed by atoms with Crippen LogP contribution in [-0.4, -0.2) is 22.8 Å². The average molecular weight is 325 g/mol. The van der Waals surface area contributed by atoms with Gasteiger partial charge in [0.25, 0.3) is 5.91 Å². The van der Waals surface area contributed by atoms with Gasteiger partial charge in [-0.15, -0.1) is 0 Å². The Morgan fingerprint density at radius 3 is 2.74 bits per heavy atom. The number of hydrogen-bond acceptors (Lipinski definition) is 4. The smallest absolute Gasteiger partial charge is 0.266 e. The number of ketones is 1. The number of carbonyl (C=O) groups excluding carboxylic acids is 2. The number of ether oxygens (including phenoxy) is 1. The first kappa shape index (κ1) is 12.6. The molecule has 1 aromatic heterocycles. The van der Waals surface area contributed by atoms with Crippen molar-refractivity contribution in [3.63, 3.8) is 0 Å². The number of Topliss-reactive ketones (excluding diaryl/α,β-unsaturated/α-hetero) is 1. The van der Waals surface area contributed by atoms with Crippen molar-refractivity contribution < 1.29 is 14.3 Å². The van der Waals surface area contributed by atoms with Crippen LogP contribution < -0.4 is 10.1 Å². The van der Waals surface area contributed by atoms with E-state index in [2.05, 4.69) is 26.2 Å². The fourth-order valence-corrected chi connectivity index (χ4v) is 2.87. The number of rotatable bonds is 1. The Bertz CT molecular complexity index is 537. The summed E-state index contributed by atoms with van der Waals surface area (Å²) in [5, 5.41) is 2.77. The highest BCUT2D eigenvalue weighted by molar-refractivity contribution is 9.10. The van der Waals surface area contributed by atoms with Crippen LogP contribution in [0.2, 0.25) is 0 Å². The van der Waals surface area contributed by atoms with Crippen molar-refractivity contribution in [2.24, 2.45) is 5.92 Å². The number of amides is 1. The third kappa shape index (κ3) is 2.49. The van der Waals surface area contributed by atoms with E-state index in [0.29, 0.717) is 29.0 Å². The largest absolute Gasteiger partial charge is 0.476 e. The van der Waals surface area contributed by atoms with E-state index in [0.717, 1.165) is 12.8 Å². The quantitative estimate of drug-likeness (QED) is 0.805. The monoisotopic (exact) mass is 324 g/mol. The number of anilines is 1. The molecule has 19 heavy (non-hydrogen) atoms. The first-order chi connectivity index (χ1) is 9.13. The lowest BCUT2D eigenvalue weighted by Crippen LogP contribution is -2.44. The molecule has 0 radical (unpaired) electrons. The molecule has 6 heteroatoms. The molecular weight excluding hydrogens is 312 g/mol. The molecule has 0 aromatic carbocycles. The van der Waals surface area contributed by atoms with Crippen LogP contribution in [0.1, 0.15) is 25.7 Å². The van der Waals surface area contributed by atoms with E-state index >= 15 is 0 Å². The highest BCUT2D eigenvalue weighted by Gasteiger charge is 2.37. The van der Waals surface area contributed by atoms with Gasteiger partial charge < -0.3 is 10.1 Å². The van der Waals surface area contributed by atoms with Crippen molar-refractivity contribution in [3.05, 3.63) is 16.7 Å². The van der Waals surface area contributed by atoms with Gasteiger partial charge in [-0.25, -0.2) is 4.98 Å². The normalized spacial score (nSPS) is 23.5. The molecule has 1 unspecified atom stereocenters. The Morgan fingerprint density at radius 2 is 2.00 bits per heavy atom. The van der Waals surface area contributed by atoms with E-state index in [1.165, 1.54) is 0 Å². The van der Waals surface area contributed by atoms with Gasteiger partial charge in [0.15, 0.2) is 17.7 Å². The van der Waals surface area contributed by atoms with Crippen LogP contribution in [0.25, 0.3) is 0 Å². The number of aromatic nitrogens is 1. The van der Waals surface area contributed by atoms with Crippen LogP contribution in [0, 0.1) is 5.92 Å². The number of nitrogens with zero attached hydrogens (tertiary/aromatic N) is 1. The highest BCUT2D eigenvalue weighted by atomic mass is 79.9. The molecule has 2 aliphatic rings. The molecule has 1 atom stereocenters. The van der Waals surface area contributed by atoms with Gasteiger partial charge in [-0.3, -0.25) is 9.59 Å². The lowest BCUT2D eigenvalue weighted by atomic mass is 9.84. The minimum absolute atomic E-state index is 0.106. The molecule has 1 saturated carbocycles. The SMILES string of the molecule is O=C1CCC(C2Oc3ccc(Br)nc3NC2=O)CC1. The Labute approximate surface area is 118 Å². The Kier molecular flexibility index (Phi) is 3.26. The topological polar surface area (TPSA) is 68.3 Å². The maximum absolute atomic E-state index is 12.1. The number of halogens is 1. The fourth-order valence-electron chi connectivity index (χ4n) is 2.56. The molecule has 0 spiro atoms. The molecule has 1 aromatic rings. The fraction of sp³-hybridized carbons (Fsp3) is 0.462. The van der Waals surface area contributed by atoms with Crippen LogP contribution >= 0.6 is 15.9 Å². The number of nitrogens with one attached hydrogen (secondary N) is 1. The summed E-state index contributed by atoms with van der Waals surface area (Å²) in [4.78, 5) is 27.5. The van der Waals surface area contributed by atoms with Gasteiger partial charge in [0.1, 0.15) is 10.4 Å². The van der Waals surface area contributed by atoms with Crippen molar-refractivity contribution in [2.45, 2.75) is 31.8 Å². The van der Waals surface area contributed by atoms with Crippen molar-refractivity contribution in [2.75, 3.05) is 5.32 Å². The van der Waals surface area contributed by atoms with Crippen LogP contribution in [0.3, 0.4) is 0 Å². The predicted molar refractivity (Wildman–Crippen MR) is 71.9 cm³/mol. The summed E-state index contributed by atoms with van der Waals surface area (Å²) in [7, 11) is 0. The van der Waals surface area contributed by atoms with Gasteiger partial charge in [0.2, 0.25) is 0 Å². The zero-order valence-corrected chi connectivity index (χ0v) is 11.8. The predicted octanol–water partition coefficient (Wildman–Crippen LogP) is 2.30. The lowest BCUT2D eigenvalue weighted by Gasteiger charge is -2.32. The number of fused-ring (bicyclic) bond motifs is 1. The standard InChI is InChI=1S/C13H13BrN2O3/c14-10-6-5-9-12(15-10)16-13(18)11(19-9)7-1-3-8(17)4-2-7/h5-7,11H,1-4H2,(H,15,16,18). The van der Waals surface area contributed by atoms with Gasteiger partial charge in [-0.2, -0.15) is 0 Å². The zero-order chi connectivity index (χ0) is 13.4. The Balaban J connectivity index is 1.80. The second kappa shape index (κ2) is 4.92. The van der Waals surface area contributed by atoms with Gasteiger partial charge >= 0.3 is 0 Å². The first-order valence-corrected chi connectivity index (χ1v) is 7.08. The summed E-state index contributed by atoms with van der Waals surface area (Å²) >= 11 is 3.25. The van der Waals surface area contributed by atoms with Gasteiger partial charge in [-0.1, -0.05) is 0 Å². The number of carbonyl (C=O) groups is 2. The molecule has 100 valence electrons. The minimum Gasteiger partial charge on any atom is -0.476 e. The van der Waals surface area contributed by atoms with Crippen molar-refractivity contribution in [1.29, 1.82) is 0 Å². The van der Waals surface area contributed by atoms with Crippen molar-refractivity contribution >= 4 is 33.4 Å². The molecule has 5 nitrogen and oxygen atoms in total. The molecule has 1 N–H and O–H groups in total. The maximum Gasteiger partial charge on any atom is 0.266 e. The summed E-state index contributed by atoms with van der Waals surface area (Å²) in [6.07, 6.45) is 2.02. The molecule has 0 bridgehead atoms. The summed E-state index contributed by atoms with van der Waals surface area (Å²) in [6, 6.07) is 3.56. The second-order valence-electron chi connectivity index (χ2n) is 4.88. The molecule has 1 amide bonds. The van der Waals surface area contributed by atoms with Crippen LogP contribution in [-0.2, 0) is 9.59 Å². The summed E-state index contributed by atoms with van der Waals surface area (Å²) in [5.74, 6) is 1.25. The molecule has 1 aliphatic carbocycles. The van der Waals surface area contributed by atoms with E-state index < -0.39 is 6.10 Å². The molecule has 2 heterocycles.